The molecule has 0 spiro atoms. The number of alkyl halides is 3. The minimum absolute atomic E-state index is 0.107. The molecule has 1 aliphatic heterocycles. The van der Waals surface area contributed by atoms with Crippen molar-refractivity contribution in [3.05, 3.63) is 35.1 Å². The van der Waals surface area contributed by atoms with E-state index in [1.807, 2.05) is 7.05 Å². The van der Waals surface area contributed by atoms with E-state index in [9.17, 15) is 17.6 Å². The maximum atomic E-state index is 13.2. The zero-order valence-electron chi connectivity index (χ0n) is 10.1. The second-order valence-electron chi connectivity index (χ2n) is 4.81. The molecule has 0 aromatic heterocycles. The van der Waals surface area contributed by atoms with E-state index in [2.05, 4.69) is 4.90 Å². The molecule has 1 aromatic carbocycles. The molecule has 0 radical (unpaired) electrons. The summed E-state index contributed by atoms with van der Waals surface area (Å²) in [6.07, 6.45) is -3.13. The van der Waals surface area contributed by atoms with Gasteiger partial charge >= 0.3 is 6.18 Å². The fraction of sp³-hybridized carbons (Fsp3) is 0.538. The molecular formula is C13H15F4N. The molecule has 1 nitrogen and oxygen atoms in total. The fourth-order valence-electron chi connectivity index (χ4n) is 2.45. The lowest BCUT2D eigenvalue weighted by molar-refractivity contribution is -0.138. The Balaban J connectivity index is 2.33. The van der Waals surface area contributed by atoms with E-state index >= 15 is 0 Å². The van der Waals surface area contributed by atoms with Gasteiger partial charge in [-0.25, -0.2) is 4.39 Å². The summed E-state index contributed by atoms with van der Waals surface area (Å²) in [5.74, 6) is -0.801. The van der Waals surface area contributed by atoms with E-state index in [-0.39, 0.29) is 11.5 Å². The third-order valence-electron chi connectivity index (χ3n) is 3.48. The topological polar surface area (TPSA) is 3.24 Å². The molecule has 1 heterocycles. The van der Waals surface area contributed by atoms with Gasteiger partial charge in [0.05, 0.1) is 5.56 Å². The molecule has 100 valence electrons. The first kappa shape index (κ1) is 13.3. The normalized spacial score (nSPS) is 19.2. The molecule has 0 bridgehead atoms. The summed E-state index contributed by atoms with van der Waals surface area (Å²) in [5, 5.41) is 0. The lowest BCUT2D eigenvalue weighted by atomic mass is 9.86. The average molecular weight is 261 g/mol. The average Bonchev–Trinajstić information content (AvgIpc) is 2.28. The van der Waals surface area contributed by atoms with Crippen LogP contribution in [0.2, 0.25) is 0 Å². The Bertz CT molecular complexity index is 419. The Morgan fingerprint density at radius 1 is 1.17 bits per heavy atom. The molecule has 5 heteroatoms. The number of piperidine rings is 1. The van der Waals surface area contributed by atoms with Crippen molar-refractivity contribution in [2.75, 3.05) is 20.1 Å². The van der Waals surface area contributed by atoms with E-state index in [1.165, 1.54) is 0 Å². The lowest BCUT2D eigenvalue weighted by Crippen LogP contribution is -2.30. The summed E-state index contributed by atoms with van der Waals surface area (Å²) < 4.78 is 51.8. The van der Waals surface area contributed by atoms with Crippen LogP contribution >= 0.6 is 0 Å². The van der Waals surface area contributed by atoms with Crippen LogP contribution in [0, 0.1) is 5.82 Å². The van der Waals surface area contributed by atoms with Crippen molar-refractivity contribution >= 4 is 0 Å². The highest BCUT2D eigenvalue weighted by Gasteiger charge is 2.35. The van der Waals surface area contributed by atoms with Crippen molar-refractivity contribution in [2.24, 2.45) is 0 Å². The minimum Gasteiger partial charge on any atom is -0.306 e. The summed E-state index contributed by atoms with van der Waals surface area (Å²) in [6.45, 7) is 1.50. The molecule has 0 atom stereocenters. The van der Waals surface area contributed by atoms with Crippen LogP contribution in [-0.2, 0) is 6.18 Å². The summed E-state index contributed by atoms with van der Waals surface area (Å²) in [7, 11) is 1.94. The smallest absolute Gasteiger partial charge is 0.306 e. The minimum atomic E-state index is -4.41. The van der Waals surface area contributed by atoms with E-state index in [0.717, 1.165) is 31.3 Å². The third kappa shape index (κ3) is 2.83. The number of halogens is 4. The predicted octanol–water partition coefficient (Wildman–Crippen LogP) is 3.65. The van der Waals surface area contributed by atoms with E-state index in [0.29, 0.717) is 12.8 Å². The maximum Gasteiger partial charge on any atom is 0.416 e. The first-order chi connectivity index (χ1) is 8.38. The highest BCUT2D eigenvalue weighted by atomic mass is 19.4. The Labute approximate surface area is 103 Å². The molecular weight excluding hydrogens is 246 g/mol. The quantitative estimate of drug-likeness (QED) is 0.697. The van der Waals surface area contributed by atoms with Crippen molar-refractivity contribution in [1.29, 1.82) is 0 Å². The SMILES string of the molecule is CN1CCC(c2cc(F)ccc2C(F)(F)F)CC1. The third-order valence-corrected chi connectivity index (χ3v) is 3.48. The van der Waals surface area contributed by atoms with Gasteiger partial charge in [0.15, 0.2) is 0 Å². The van der Waals surface area contributed by atoms with Crippen LogP contribution in [0.25, 0.3) is 0 Å². The van der Waals surface area contributed by atoms with Crippen LogP contribution < -0.4 is 0 Å². The molecule has 0 amide bonds. The van der Waals surface area contributed by atoms with Crippen LogP contribution in [0.4, 0.5) is 17.6 Å². The largest absolute Gasteiger partial charge is 0.416 e. The van der Waals surface area contributed by atoms with Gasteiger partial charge in [-0.3, -0.25) is 0 Å². The van der Waals surface area contributed by atoms with Gasteiger partial charge in [0.25, 0.3) is 0 Å². The van der Waals surface area contributed by atoms with Gasteiger partial charge in [-0.1, -0.05) is 0 Å². The number of hydrogen-bond acceptors (Lipinski definition) is 1. The molecule has 0 saturated carbocycles. The highest BCUT2D eigenvalue weighted by molar-refractivity contribution is 5.33. The first-order valence-corrected chi connectivity index (χ1v) is 5.93. The molecule has 0 unspecified atom stereocenters. The Kier molecular flexibility index (Phi) is 3.61. The lowest BCUT2D eigenvalue weighted by Gasteiger charge is -2.30. The zero-order chi connectivity index (χ0) is 13.3. The predicted molar refractivity (Wildman–Crippen MR) is 60.9 cm³/mol. The van der Waals surface area contributed by atoms with E-state index in [4.69, 9.17) is 0 Å². The van der Waals surface area contributed by atoms with Crippen molar-refractivity contribution in [2.45, 2.75) is 24.9 Å². The van der Waals surface area contributed by atoms with Gasteiger partial charge in [0.1, 0.15) is 5.82 Å². The fourth-order valence-corrected chi connectivity index (χ4v) is 2.45. The van der Waals surface area contributed by atoms with Crippen molar-refractivity contribution in [3.8, 4) is 0 Å². The molecule has 0 aliphatic carbocycles. The molecule has 0 N–H and O–H groups in total. The van der Waals surface area contributed by atoms with Crippen LogP contribution in [0.5, 0.6) is 0 Å². The van der Waals surface area contributed by atoms with E-state index < -0.39 is 17.6 Å². The van der Waals surface area contributed by atoms with Gasteiger partial charge in [-0.15, -0.1) is 0 Å². The number of likely N-dealkylation sites (tertiary alicyclic amines) is 1. The summed E-state index contributed by atoms with van der Waals surface area (Å²) >= 11 is 0. The van der Waals surface area contributed by atoms with Gasteiger partial charge in [0, 0.05) is 0 Å². The molecule has 18 heavy (non-hydrogen) atoms. The number of hydrogen-bond donors (Lipinski definition) is 0. The molecule has 2 rings (SSSR count). The Hall–Kier alpha value is -1.10. The second kappa shape index (κ2) is 4.88. The molecule has 1 saturated heterocycles. The van der Waals surface area contributed by atoms with Crippen molar-refractivity contribution < 1.29 is 17.6 Å². The maximum absolute atomic E-state index is 13.2. The van der Waals surface area contributed by atoms with Crippen LogP contribution in [0.3, 0.4) is 0 Å². The molecule has 1 fully saturated rings. The second-order valence-corrected chi connectivity index (χ2v) is 4.81. The number of nitrogens with zero attached hydrogens (tertiary/aromatic N) is 1. The summed E-state index contributed by atoms with van der Waals surface area (Å²) in [4.78, 5) is 2.07. The van der Waals surface area contributed by atoms with Crippen LogP contribution in [0.1, 0.15) is 29.9 Å². The number of rotatable bonds is 1. The van der Waals surface area contributed by atoms with Crippen LogP contribution in [0.15, 0.2) is 18.2 Å². The summed E-state index contributed by atoms with van der Waals surface area (Å²) in [6, 6.07) is 2.77. The zero-order valence-corrected chi connectivity index (χ0v) is 10.1. The van der Waals surface area contributed by atoms with Crippen LogP contribution in [-0.4, -0.2) is 25.0 Å². The monoisotopic (exact) mass is 261 g/mol. The van der Waals surface area contributed by atoms with E-state index in [1.54, 1.807) is 0 Å². The van der Waals surface area contributed by atoms with Gasteiger partial charge in [0.2, 0.25) is 0 Å². The number of benzene rings is 1. The van der Waals surface area contributed by atoms with Crippen molar-refractivity contribution in [1.82, 2.24) is 4.90 Å². The van der Waals surface area contributed by atoms with Gasteiger partial charge < -0.3 is 4.90 Å². The van der Waals surface area contributed by atoms with Gasteiger partial charge in [-0.05, 0) is 62.7 Å². The molecule has 1 aromatic rings. The molecule has 1 aliphatic rings. The highest BCUT2D eigenvalue weighted by Crippen LogP contribution is 2.38. The Morgan fingerprint density at radius 2 is 1.78 bits per heavy atom. The standard InChI is InChI=1S/C13H15F4N/c1-18-6-4-9(5-7-18)11-8-10(14)2-3-12(11)13(15,16)17/h2-3,8-9H,4-7H2,1H3. The first-order valence-electron chi connectivity index (χ1n) is 5.93. The Morgan fingerprint density at radius 3 is 2.33 bits per heavy atom. The van der Waals surface area contributed by atoms with Crippen molar-refractivity contribution in [3.63, 3.8) is 0 Å². The van der Waals surface area contributed by atoms with Gasteiger partial charge in [-0.2, -0.15) is 13.2 Å². The summed E-state index contributed by atoms with van der Waals surface area (Å²) in [5.41, 5.74) is -0.589.